The Balaban J connectivity index is 1.51. The molecule has 4 rings (SSSR count). The van der Waals surface area contributed by atoms with Crippen molar-refractivity contribution in [2.75, 3.05) is 11.4 Å². The van der Waals surface area contributed by atoms with Gasteiger partial charge in [0.2, 0.25) is 0 Å². The van der Waals surface area contributed by atoms with Crippen LogP contribution < -0.4 is 4.90 Å². The Bertz CT molecular complexity index is 1040. The fourth-order valence-electron chi connectivity index (χ4n) is 3.15. The van der Waals surface area contributed by atoms with Crippen LogP contribution in [0.4, 0.5) is 14.9 Å². The van der Waals surface area contributed by atoms with Gasteiger partial charge in [-0.05, 0) is 43.7 Å². The fraction of sp³-hybridized carbons (Fsp3) is 0.250. The highest BCUT2D eigenvalue weighted by Crippen LogP contribution is 2.29. The largest absolute Gasteiger partial charge is 0.444 e. The maximum atomic E-state index is 14.8. The fourth-order valence-corrected chi connectivity index (χ4v) is 3.15. The van der Waals surface area contributed by atoms with Gasteiger partial charge in [0.05, 0.1) is 24.6 Å². The summed E-state index contributed by atoms with van der Waals surface area (Å²) >= 11 is 0. The Labute approximate surface area is 165 Å². The minimum atomic E-state index is -0.538. The molecule has 0 radical (unpaired) electrons. The maximum Gasteiger partial charge on any atom is 0.414 e. The SMILES string of the molecule is CC(=O)CC[C@H]1CN(c2ccc(-c3ccc(-n4nccn4)nc3)c(F)c2)C(=O)O1. The van der Waals surface area contributed by atoms with Crippen LogP contribution in [0.15, 0.2) is 48.9 Å². The van der Waals surface area contributed by atoms with E-state index in [4.69, 9.17) is 4.74 Å². The molecule has 0 spiro atoms. The number of pyridine rings is 1. The molecule has 1 fully saturated rings. The first kappa shape index (κ1) is 18.7. The third-order valence-electron chi connectivity index (χ3n) is 4.64. The number of benzene rings is 1. The first-order valence-electron chi connectivity index (χ1n) is 9.11. The van der Waals surface area contributed by atoms with Gasteiger partial charge in [-0.3, -0.25) is 4.90 Å². The van der Waals surface area contributed by atoms with Crippen LogP contribution in [-0.2, 0) is 9.53 Å². The smallest absolute Gasteiger partial charge is 0.414 e. The normalized spacial score (nSPS) is 16.1. The zero-order valence-electron chi connectivity index (χ0n) is 15.7. The summed E-state index contributed by atoms with van der Waals surface area (Å²) in [5.74, 6) is 0.0827. The Morgan fingerprint density at radius 1 is 1.24 bits per heavy atom. The van der Waals surface area contributed by atoms with Crippen LogP contribution in [0.3, 0.4) is 0 Å². The van der Waals surface area contributed by atoms with E-state index in [0.29, 0.717) is 35.5 Å². The van der Waals surface area contributed by atoms with Crippen molar-refractivity contribution in [3.63, 3.8) is 0 Å². The van der Waals surface area contributed by atoms with Crippen molar-refractivity contribution in [3.05, 3.63) is 54.7 Å². The maximum absolute atomic E-state index is 14.8. The van der Waals surface area contributed by atoms with Crippen LogP contribution in [0.2, 0.25) is 0 Å². The molecule has 1 saturated heterocycles. The van der Waals surface area contributed by atoms with Crippen molar-refractivity contribution in [2.24, 2.45) is 0 Å². The predicted molar refractivity (Wildman–Crippen MR) is 102 cm³/mol. The number of hydrogen-bond acceptors (Lipinski definition) is 6. The highest BCUT2D eigenvalue weighted by atomic mass is 19.1. The van der Waals surface area contributed by atoms with Crippen molar-refractivity contribution in [1.82, 2.24) is 20.0 Å². The van der Waals surface area contributed by atoms with Gasteiger partial charge in [0, 0.05) is 23.7 Å². The van der Waals surface area contributed by atoms with Crippen molar-refractivity contribution in [3.8, 4) is 16.9 Å². The minimum absolute atomic E-state index is 0.0397. The molecule has 1 atom stereocenters. The van der Waals surface area contributed by atoms with E-state index in [1.54, 1.807) is 42.9 Å². The van der Waals surface area contributed by atoms with Gasteiger partial charge >= 0.3 is 6.09 Å². The molecule has 1 amide bonds. The Kier molecular flexibility index (Phi) is 5.03. The highest BCUT2D eigenvalue weighted by Gasteiger charge is 2.32. The third kappa shape index (κ3) is 3.98. The molecule has 1 aromatic carbocycles. The van der Waals surface area contributed by atoms with Crippen LogP contribution in [0.5, 0.6) is 0 Å². The number of carbonyl (C=O) groups excluding carboxylic acids is 2. The van der Waals surface area contributed by atoms with E-state index in [1.807, 2.05) is 0 Å². The number of Topliss-reactive ketones (excluding diaryl/α,β-unsaturated/α-hetero) is 1. The van der Waals surface area contributed by atoms with Crippen molar-refractivity contribution < 1.29 is 18.7 Å². The quantitative estimate of drug-likeness (QED) is 0.637. The lowest BCUT2D eigenvalue weighted by Crippen LogP contribution is -2.24. The molecule has 29 heavy (non-hydrogen) atoms. The molecule has 0 N–H and O–H groups in total. The number of amides is 1. The second kappa shape index (κ2) is 7.78. The number of ether oxygens (including phenoxy) is 1. The van der Waals surface area contributed by atoms with E-state index in [2.05, 4.69) is 15.2 Å². The van der Waals surface area contributed by atoms with Crippen molar-refractivity contribution in [1.29, 1.82) is 0 Å². The number of anilines is 1. The topological polar surface area (TPSA) is 90.2 Å². The zero-order chi connectivity index (χ0) is 20.4. The van der Waals surface area contributed by atoms with Gasteiger partial charge in [-0.1, -0.05) is 0 Å². The van der Waals surface area contributed by atoms with Crippen LogP contribution in [0.1, 0.15) is 19.8 Å². The summed E-state index contributed by atoms with van der Waals surface area (Å²) in [7, 11) is 0. The number of nitrogens with zero attached hydrogens (tertiary/aromatic N) is 5. The second-order valence-corrected chi connectivity index (χ2v) is 6.74. The lowest BCUT2D eigenvalue weighted by atomic mass is 10.1. The van der Waals surface area contributed by atoms with Crippen LogP contribution in [0, 0.1) is 5.82 Å². The summed E-state index contributed by atoms with van der Waals surface area (Å²) in [5.41, 5.74) is 1.36. The standard InChI is InChI=1S/C20H18FN5O3/c1-13(27)2-5-16-12-25(20(28)29-16)15-4-6-17(18(21)10-15)14-3-7-19(22-11-14)26-23-8-9-24-26/h3-4,6-11,16H,2,5,12H2,1H3/t16-/m0/s1. The number of cyclic esters (lactones) is 1. The number of rotatable bonds is 6. The van der Waals surface area contributed by atoms with Gasteiger partial charge in [-0.25, -0.2) is 14.2 Å². The van der Waals surface area contributed by atoms with E-state index in [0.717, 1.165) is 0 Å². The molecule has 0 aliphatic carbocycles. The average Bonchev–Trinajstić information content (AvgIpc) is 3.36. The number of aromatic nitrogens is 4. The minimum Gasteiger partial charge on any atom is -0.444 e. The highest BCUT2D eigenvalue weighted by molar-refractivity contribution is 5.90. The zero-order valence-corrected chi connectivity index (χ0v) is 15.7. The molecular formula is C20H18FN5O3. The van der Waals surface area contributed by atoms with E-state index in [9.17, 15) is 14.0 Å². The van der Waals surface area contributed by atoms with E-state index < -0.39 is 11.9 Å². The molecule has 1 aliphatic heterocycles. The van der Waals surface area contributed by atoms with Crippen molar-refractivity contribution >= 4 is 17.6 Å². The first-order chi connectivity index (χ1) is 14.0. The monoisotopic (exact) mass is 395 g/mol. The van der Waals surface area contributed by atoms with E-state index >= 15 is 0 Å². The molecule has 3 heterocycles. The molecule has 148 valence electrons. The third-order valence-corrected chi connectivity index (χ3v) is 4.64. The van der Waals surface area contributed by atoms with Gasteiger partial charge in [0.15, 0.2) is 5.82 Å². The summed E-state index contributed by atoms with van der Waals surface area (Å²) in [6.45, 7) is 1.79. The summed E-state index contributed by atoms with van der Waals surface area (Å²) in [6.07, 6.45) is 4.52. The lowest BCUT2D eigenvalue weighted by molar-refractivity contribution is -0.117. The predicted octanol–water partition coefficient (Wildman–Crippen LogP) is 3.16. The van der Waals surface area contributed by atoms with Crippen molar-refractivity contribution in [2.45, 2.75) is 25.9 Å². The number of ketones is 1. The van der Waals surface area contributed by atoms with Crippen LogP contribution in [-0.4, -0.2) is 44.5 Å². The molecular weight excluding hydrogens is 377 g/mol. The Morgan fingerprint density at radius 2 is 2.03 bits per heavy atom. The van der Waals surface area contributed by atoms with Crippen LogP contribution >= 0.6 is 0 Å². The molecule has 2 aromatic heterocycles. The van der Waals surface area contributed by atoms with Gasteiger partial charge in [0.25, 0.3) is 0 Å². The number of halogens is 1. The Morgan fingerprint density at radius 3 is 2.69 bits per heavy atom. The second-order valence-electron chi connectivity index (χ2n) is 6.74. The molecule has 9 heteroatoms. The Hall–Kier alpha value is -3.62. The number of hydrogen-bond donors (Lipinski definition) is 0. The molecule has 0 unspecified atom stereocenters. The van der Waals surface area contributed by atoms with Gasteiger partial charge in [-0.15, -0.1) is 4.80 Å². The lowest BCUT2D eigenvalue weighted by Gasteiger charge is -2.14. The summed E-state index contributed by atoms with van der Waals surface area (Å²) < 4.78 is 20.0. The molecule has 8 nitrogen and oxygen atoms in total. The first-order valence-corrected chi connectivity index (χ1v) is 9.11. The van der Waals surface area contributed by atoms with E-state index in [1.165, 1.54) is 22.7 Å². The molecule has 1 aliphatic rings. The summed E-state index contributed by atoms with van der Waals surface area (Å²) in [4.78, 5) is 30.2. The molecule has 3 aromatic rings. The number of carbonyl (C=O) groups is 2. The van der Waals surface area contributed by atoms with Gasteiger partial charge in [0.1, 0.15) is 17.7 Å². The summed E-state index contributed by atoms with van der Waals surface area (Å²) in [6, 6.07) is 7.98. The van der Waals surface area contributed by atoms with Crippen LogP contribution in [0.25, 0.3) is 16.9 Å². The van der Waals surface area contributed by atoms with Gasteiger partial charge in [-0.2, -0.15) is 10.2 Å². The molecule has 0 bridgehead atoms. The van der Waals surface area contributed by atoms with E-state index in [-0.39, 0.29) is 18.4 Å². The molecule has 0 saturated carbocycles. The summed E-state index contributed by atoms with van der Waals surface area (Å²) in [5, 5.41) is 8.00. The van der Waals surface area contributed by atoms with Gasteiger partial charge < -0.3 is 9.53 Å². The average molecular weight is 395 g/mol.